The quantitative estimate of drug-likeness (QED) is 0.787. The van der Waals surface area contributed by atoms with Crippen molar-refractivity contribution >= 4 is 26.0 Å². The molecule has 1 unspecified atom stereocenters. The van der Waals surface area contributed by atoms with Crippen LogP contribution in [0.1, 0.15) is 34.1 Å². The van der Waals surface area contributed by atoms with E-state index in [0.717, 1.165) is 11.8 Å². The zero-order valence-electron chi connectivity index (χ0n) is 9.30. The van der Waals surface area contributed by atoms with Gasteiger partial charge < -0.3 is 0 Å². The molecule has 0 aliphatic rings. The van der Waals surface area contributed by atoms with E-state index in [2.05, 4.69) is 20.7 Å². The van der Waals surface area contributed by atoms with Crippen molar-refractivity contribution in [3.8, 4) is 0 Å². The highest BCUT2D eigenvalue weighted by Gasteiger charge is 2.22. The van der Waals surface area contributed by atoms with Crippen LogP contribution in [0.3, 0.4) is 0 Å². The Labute approximate surface area is 95.8 Å². The molecule has 0 aliphatic carbocycles. The van der Waals surface area contributed by atoms with Crippen LogP contribution in [0.25, 0.3) is 0 Å². The van der Waals surface area contributed by atoms with Crippen molar-refractivity contribution in [2.45, 2.75) is 40.2 Å². The summed E-state index contributed by atoms with van der Waals surface area (Å²) in [7, 11) is -3.13. The molecule has 3 nitrogen and oxygen atoms in total. The van der Waals surface area contributed by atoms with Crippen LogP contribution in [-0.2, 0) is 10.0 Å². The summed E-state index contributed by atoms with van der Waals surface area (Å²) in [6.45, 7) is 7.63. The first kappa shape index (κ1) is 14.4. The first-order valence-electron chi connectivity index (χ1n) is 4.72. The second kappa shape index (κ2) is 5.47. The van der Waals surface area contributed by atoms with E-state index in [1.807, 2.05) is 27.7 Å². The molecule has 1 atom stereocenters. The highest BCUT2D eigenvalue weighted by molar-refractivity contribution is 9.09. The van der Waals surface area contributed by atoms with Gasteiger partial charge in [0.1, 0.15) is 0 Å². The molecule has 0 aromatic rings. The molecule has 0 saturated heterocycles. The van der Waals surface area contributed by atoms with Gasteiger partial charge in [-0.2, -0.15) is 0 Å². The van der Waals surface area contributed by atoms with E-state index < -0.39 is 10.0 Å². The van der Waals surface area contributed by atoms with Crippen molar-refractivity contribution in [1.82, 2.24) is 4.72 Å². The molecule has 0 rings (SSSR count). The Kier molecular flexibility index (Phi) is 5.62. The summed E-state index contributed by atoms with van der Waals surface area (Å²) < 4.78 is 25.9. The van der Waals surface area contributed by atoms with Gasteiger partial charge in [0.2, 0.25) is 10.0 Å². The maximum Gasteiger partial charge on any atom is 0.212 e. The van der Waals surface area contributed by atoms with Crippen LogP contribution in [0.5, 0.6) is 0 Å². The van der Waals surface area contributed by atoms with E-state index in [9.17, 15) is 8.42 Å². The van der Waals surface area contributed by atoms with Crippen molar-refractivity contribution in [2.75, 3.05) is 11.1 Å². The van der Waals surface area contributed by atoms with Gasteiger partial charge in [-0.15, -0.1) is 0 Å². The summed E-state index contributed by atoms with van der Waals surface area (Å²) in [5.74, 6) is 0.173. The van der Waals surface area contributed by atoms with Gasteiger partial charge in [-0.3, -0.25) is 0 Å². The summed E-state index contributed by atoms with van der Waals surface area (Å²) in [6.07, 6.45) is 0.809. The second-order valence-corrected chi connectivity index (χ2v) is 7.36. The summed E-state index contributed by atoms with van der Waals surface area (Å²) >= 11 is 3.28. The van der Waals surface area contributed by atoms with Crippen LogP contribution in [0.2, 0.25) is 0 Å². The van der Waals surface area contributed by atoms with Crippen LogP contribution in [0.4, 0.5) is 0 Å². The first-order chi connectivity index (χ1) is 6.16. The molecule has 0 bridgehead atoms. The lowest BCUT2D eigenvalue weighted by atomic mass is 10.0. The second-order valence-electron chi connectivity index (χ2n) is 4.82. The van der Waals surface area contributed by atoms with Gasteiger partial charge >= 0.3 is 0 Å². The number of alkyl halides is 1. The molecule has 0 heterocycles. The molecule has 0 aromatic heterocycles. The summed E-state index contributed by atoms with van der Waals surface area (Å²) in [6, 6.07) is 0.00160. The molecule has 0 aromatic carbocycles. The van der Waals surface area contributed by atoms with E-state index >= 15 is 0 Å². The van der Waals surface area contributed by atoms with Crippen molar-refractivity contribution in [3.05, 3.63) is 0 Å². The van der Waals surface area contributed by atoms with Crippen LogP contribution in [0.15, 0.2) is 0 Å². The Balaban J connectivity index is 4.22. The van der Waals surface area contributed by atoms with Gasteiger partial charge in [0.15, 0.2) is 0 Å². The molecule has 0 saturated carbocycles. The smallest absolute Gasteiger partial charge is 0.212 e. The number of hydrogen-bond donors (Lipinski definition) is 1. The van der Waals surface area contributed by atoms with Gasteiger partial charge in [0.05, 0.1) is 5.75 Å². The Bertz CT molecular complexity index is 256. The Morgan fingerprint density at radius 1 is 1.36 bits per heavy atom. The highest BCUT2D eigenvalue weighted by atomic mass is 79.9. The van der Waals surface area contributed by atoms with Crippen LogP contribution in [0, 0.1) is 5.41 Å². The summed E-state index contributed by atoms with van der Waals surface area (Å²) in [4.78, 5) is 0. The maximum atomic E-state index is 11.6. The fourth-order valence-electron chi connectivity index (χ4n) is 1.14. The molecule has 0 fully saturated rings. The first-order valence-corrected chi connectivity index (χ1v) is 7.49. The lowest BCUT2D eigenvalue weighted by molar-refractivity contribution is 0.454. The van der Waals surface area contributed by atoms with Gasteiger partial charge in [0, 0.05) is 11.4 Å². The molecule has 5 heteroatoms. The fourth-order valence-corrected chi connectivity index (χ4v) is 3.78. The predicted molar refractivity (Wildman–Crippen MR) is 64.3 cm³/mol. The zero-order chi connectivity index (χ0) is 11.4. The number of nitrogens with one attached hydrogen (secondary N) is 1. The van der Waals surface area contributed by atoms with Crippen molar-refractivity contribution in [1.29, 1.82) is 0 Å². The minimum Gasteiger partial charge on any atom is -0.212 e. The average molecular weight is 286 g/mol. The number of halogens is 1. The van der Waals surface area contributed by atoms with E-state index in [0.29, 0.717) is 0 Å². The monoisotopic (exact) mass is 285 g/mol. The molecule has 0 amide bonds. The van der Waals surface area contributed by atoms with Crippen LogP contribution < -0.4 is 4.72 Å². The van der Waals surface area contributed by atoms with Gasteiger partial charge in [-0.05, 0) is 18.8 Å². The maximum absolute atomic E-state index is 11.6. The van der Waals surface area contributed by atoms with E-state index in [4.69, 9.17) is 0 Å². The number of sulfonamides is 1. The third-order valence-electron chi connectivity index (χ3n) is 1.55. The molecule has 1 N–H and O–H groups in total. The topological polar surface area (TPSA) is 46.2 Å². The normalized spacial score (nSPS) is 15.5. The standard InChI is InChI=1S/C9H20BrNO2S/c1-8(5-6-10)11-14(12,13)7-9(2,3)4/h8,11H,5-7H2,1-4H3. The van der Waals surface area contributed by atoms with Gasteiger partial charge in [-0.25, -0.2) is 13.1 Å². The molecule has 0 radical (unpaired) electrons. The average Bonchev–Trinajstić information content (AvgIpc) is 1.78. The Hall–Kier alpha value is 0.390. The third kappa shape index (κ3) is 7.76. The van der Waals surface area contributed by atoms with Crippen molar-refractivity contribution in [2.24, 2.45) is 5.41 Å². The molecular formula is C9H20BrNO2S. The molecular weight excluding hydrogens is 266 g/mol. The van der Waals surface area contributed by atoms with Crippen molar-refractivity contribution in [3.63, 3.8) is 0 Å². The Morgan fingerprint density at radius 3 is 2.21 bits per heavy atom. The van der Waals surface area contributed by atoms with E-state index in [1.165, 1.54) is 0 Å². The molecule has 0 spiro atoms. The van der Waals surface area contributed by atoms with Gasteiger partial charge in [-0.1, -0.05) is 36.7 Å². The van der Waals surface area contributed by atoms with E-state index in [1.54, 1.807) is 0 Å². The Morgan fingerprint density at radius 2 is 1.86 bits per heavy atom. The fraction of sp³-hybridized carbons (Fsp3) is 1.00. The van der Waals surface area contributed by atoms with Crippen LogP contribution in [-0.4, -0.2) is 25.5 Å². The van der Waals surface area contributed by atoms with Crippen molar-refractivity contribution < 1.29 is 8.42 Å². The van der Waals surface area contributed by atoms with E-state index in [-0.39, 0.29) is 17.2 Å². The molecule has 86 valence electrons. The molecule has 14 heavy (non-hydrogen) atoms. The SMILES string of the molecule is CC(CCBr)NS(=O)(=O)CC(C)(C)C. The minimum atomic E-state index is -3.13. The van der Waals surface area contributed by atoms with Gasteiger partial charge in [0.25, 0.3) is 0 Å². The zero-order valence-corrected chi connectivity index (χ0v) is 11.7. The van der Waals surface area contributed by atoms with Crippen LogP contribution >= 0.6 is 15.9 Å². The molecule has 0 aliphatic heterocycles. The summed E-state index contributed by atoms with van der Waals surface area (Å²) in [5.41, 5.74) is -0.194. The minimum absolute atomic E-state index is 0.00160. The summed E-state index contributed by atoms with van der Waals surface area (Å²) in [5, 5.41) is 0.812. The third-order valence-corrected chi connectivity index (χ3v) is 4.01. The lowest BCUT2D eigenvalue weighted by Gasteiger charge is -2.20. The lowest BCUT2D eigenvalue weighted by Crippen LogP contribution is -2.38. The highest BCUT2D eigenvalue weighted by Crippen LogP contribution is 2.15. The number of rotatable bonds is 5. The largest absolute Gasteiger partial charge is 0.212 e. The predicted octanol–water partition coefficient (Wildman–Crippen LogP) is 2.13. The number of hydrogen-bond acceptors (Lipinski definition) is 2.